The Morgan fingerprint density at radius 2 is 2.04 bits per heavy atom. The molecule has 1 aliphatic carbocycles. The summed E-state index contributed by atoms with van der Waals surface area (Å²) < 4.78 is 1.14. The van der Waals surface area contributed by atoms with Crippen molar-refractivity contribution < 1.29 is 9.59 Å². The van der Waals surface area contributed by atoms with Crippen LogP contribution in [0.4, 0.5) is 4.79 Å². The van der Waals surface area contributed by atoms with Gasteiger partial charge in [0.1, 0.15) is 5.01 Å². The van der Waals surface area contributed by atoms with E-state index in [1.165, 1.54) is 0 Å². The summed E-state index contributed by atoms with van der Waals surface area (Å²) >= 11 is 1.63. The van der Waals surface area contributed by atoms with Crippen LogP contribution in [0.15, 0.2) is 24.3 Å². The molecule has 25 heavy (non-hydrogen) atoms. The highest BCUT2D eigenvalue weighted by Gasteiger charge is 2.21. The summed E-state index contributed by atoms with van der Waals surface area (Å²) in [6.45, 7) is 2.17. The Labute approximate surface area is 151 Å². The van der Waals surface area contributed by atoms with E-state index in [9.17, 15) is 9.59 Å². The van der Waals surface area contributed by atoms with Gasteiger partial charge in [-0.1, -0.05) is 25.0 Å². The molecule has 0 spiro atoms. The topological polar surface area (TPSA) is 74.3 Å². The zero-order chi connectivity index (χ0) is 17.8. The minimum absolute atomic E-state index is 0.000966. The van der Waals surface area contributed by atoms with Crippen LogP contribution in [-0.4, -0.2) is 41.5 Å². The van der Waals surface area contributed by atoms with Gasteiger partial charge in [0.2, 0.25) is 5.91 Å². The molecule has 0 radical (unpaired) electrons. The van der Waals surface area contributed by atoms with Crippen LogP contribution in [0.1, 0.15) is 43.7 Å². The number of likely N-dealkylation sites (N-methyl/N-ethyl adjacent to an activating group) is 1. The fourth-order valence-electron chi connectivity index (χ4n) is 3.08. The summed E-state index contributed by atoms with van der Waals surface area (Å²) in [6.07, 6.45) is 4.27. The summed E-state index contributed by atoms with van der Waals surface area (Å²) in [7, 11) is 1.87. The van der Waals surface area contributed by atoms with Gasteiger partial charge in [0.15, 0.2) is 0 Å². The van der Waals surface area contributed by atoms with Gasteiger partial charge < -0.3 is 5.32 Å². The Kier molecular flexibility index (Phi) is 5.65. The van der Waals surface area contributed by atoms with E-state index < -0.39 is 6.03 Å². The fraction of sp³-hybridized carbons (Fsp3) is 0.500. The van der Waals surface area contributed by atoms with Gasteiger partial charge in [-0.2, -0.15) is 0 Å². The number of rotatable bonds is 5. The maximum atomic E-state index is 12.1. The third-order valence-electron chi connectivity index (χ3n) is 4.67. The Bertz CT molecular complexity index is 721. The number of carbonyl (C=O) groups excluding carboxylic acids is 2. The van der Waals surface area contributed by atoms with E-state index in [-0.39, 0.29) is 24.5 Å². The Hall–Kier alpha value is -1.99. The van der Waals surface area contributed by atoms with Crippen molar-refractivity contribution in [1.29, 1.82) is 0 Å². The summed E-state index contributed by atoms with van der Waals surface area (Å²) in [5.41, 5.74) is 0.975. The minimum atomic E-state index is -0.391. The largest absolute Gasteiger partial charge is 0.335 e. The summed E-state index contributed by atoms with van der Waals surface area (Å²) in [6, 6.07) is 7.81. The van der Waals surface area contributed by atoms with Crippen molar-refractivity contribution in [2.24, 2.45) is 0 Å². The quantitative estimate of drug-likeness (QED) is 0.859. The third kappa shape index (κ3) is 4.55. The smallest absolute Gasteiger partial charge is 0.321 e. The van der Waals surface area contributed by atoms with E-state index in [2.05, 4.69) is 15.6 Å². The number of hydrogen-bond acceptors (Lipinski definition) is 5. The number of para-hydroxylation sites is 1. The van der Waals surface area contributed by atoms with Gasteiger partial charge in [-0.25, -0.2) is 9.78 Å². The molecule has 0 unspecified atom stereocenters. The van der Waals surface area contributed by atoms with Gasteiger partial charge in [0, 0.05) is 6.04 Å². The summed E-state index contributed by atoms with van der Waals surface area (Å²) in [5, 5.41) is 6.25. The number of carbonyl (C=O) groups is 2. The van der Waals surface area contributed by atoms with Gasteiger partial charge in [-0.05, 0) is 38.9 Å². The minimum Gasteiger partial charge on any atom is -0.335 e. The zero-order valence-corrected chi connectivity index (χ0v) is 15.4. The third-order valence-corrected chi connectivity index (χ3v) is 5.87. The van der Waals surface area contributed by atoms with E-state index in [0.717, 1.165) is 40.9 Å². The van der Waals surface area contributed by atoms with Crippen LogP contribution >= 0.6 is 11.3 Å². The molecule has 2 N–H and O–H groups in total. The van der Waals surface area contributed by atoms with E-state index in [1.54, 1.807) is 11.3 Å². The summed E-state index contributed by atoms with van der Waals surface area (Å²) in [4.78, 5) is 30.5. The molecule has 134 valence electrons. The molecule has 1 aliphatic rings. The molecule has 6 nitrogen and oxygen atoms in total. The molecular weight excluding hydrogens is 336 g/mol. The van der Waals surface area contributed by atoms with Crippen LogP contribution < -0.4 is 10.6 Å². The standard InChI is InChI=1S/C18H24N4O2S/c1-12(17-20-14-9-5-6-10-15(14)25-17)22(2)11-16(23)21-18(24)19-13-7-3-4-8-13/h5-6,9-10,12-13H,3-4,7-8,11H2,1-2H3,(H2,19,21,23,24)/t12-/m1/s1. The molecule has 1 atom stereocenters. The number of benzene rings is 1. The number of fused-ring (bicyclic) bond motifs is 1. The maximum Gasteiger partial charge on any atom is 0.321 e. The number of aromatic nitrogens is 1. The van der Waals surface area contributed by atoms with Crippen LogP contribution in [0.3, 0.4) is 0 Å². The molecule has 7 heteroatoms. The maximum absolute atomic E-state index is 12.1. The predicted octanol–water partition coefficient (Wildman–Crippen LogP) is 3.06. The molecule has 1 aromatic heterocycles. The van der Waals surface area contributed by atoms with Crippen LogP contribution in [-0.2, 0) is 4.79 Å². The van der Waals surface area contributed by atoms with Crippen LogP contribution in [0.5, 0.6) is 0 Å². The number of nitrogens with zero attached hydrogens (tertiary/aromatic N) is 2. The number of hydrogen-bond donors (Lipinski definition) is 2. The van der Waals surface area contributed by atoms with Crippen molar-refractivity contribution in [3.8, 4) is 0 Å². The zero-order valence-electron chi connectivity index (χ0n) is 14.6. The van der Waals surface area contributed by atoms with Gasteiger partial charge in [-0.15, -0.1) is 11.3 Å². The van der Waals surface area contributed by atoms with Crippen molar-refractivity contribution in [3.63, 3.8) is 0 Å². The van der Waals surface area contributed by atoms with E-state index >= 15 is 0 Å². The van der Waals surface area contributed by atoms with E-state index in [4.69, 9.17) is 0 Å². The average molecular weight is 360 g/mol. The van der Waals surface area contributed by atoms with Crippen molar-refractivity contribution >= 4 is 33.5 Å². The van der Waals surface area contributed by atoms with Crippen molar-refractivity contribution in [2.45, 2.75) is 44.7 Å². The number of amides is 3. The molecule has 1 heterocycles. The molecule has 1 aromatic carbocycles. The van der Waals surface area contributed by atoms with E-state index in [1.807, 2.05) is 43.1 Å². The highest BCUT2D eigenvalue weighted by molar-refractivity contribution is 7.18. The lowest BCUT2D eigenvalue weighted by atomic mass is 10.2. The molecule has 3 rings (SSSR count). The van der Waals surface area contributed by atoms with Gasteiger partial charge in [-0.3, -0.25) is 15.0 Å². The Morgan fingerprint density at radius 3 is 2.76 bits per heavy atom. The highest BCUT2D eigenvalue weighted by Crippen LogP contribution is 2.28. The Balaban J connectivity index is 1.52. The number of nitrogens with one attached hydrogen (secondary N) is 2. The second-order valence-corrected chi connectivity index (χ2v) is 7.68. The predicted molar refractivity (Wildman–Crippen MR) is 99.6 cm³/mol. The number of imide groups is 1. The van der Waals surface area contributed by atoms with Crippen molar-refractivity contribution in [2.75, 3.05) is 13.6 Å². The molecule has 0 saturated heterocycles. The van der Waals surface area contributed by atoms with Crippen molar-refractivity contribution in [3.05, 3.63) is 29.3 Å². The average Bonchev–Trinajstić information content (AvgIpc) is 3.22. The number of urea groups is 1. The molecule has 1 fully saturated rings. The molecule has 1 saturated carbocycles. The van der Waals surface area contributed by atoms with Crippen LogP contribution in [0.2, 0.25) is 0 Å². The second kappa shape index (κ2) is 7.93. The van der Waals surface area contributed by atoms with Crippen LogP contribution in [0.25, 0.3) is 10.2 Å². The van der Waals surface area contributed by atoms with Gasteiger partial charge >= 0.3 is 6.03 Å². The lowest BCUT2D eigenvalue weighted by Gasteiger charge is -2.22. The van der Waals surface area contributed by atoms with E-state index in [0.29, 0.717) is 0 Å². The first-order valence-corrected chi connectivity index (χ1v) is 9.50. The molecule has 2 aromatic rings. The molecular formula is C18H24N4O2S. The number of thiazole rings is 1. The molecule has 0 bridgehead atoms. The Morgan fingerprint density at radius 1 is 1.32 bits per heavy atom. The monoisotopic (exact) mass is 360 g/mol. The van der Waals surface area contributed by atoms with Crippen LogP contribution in [0, 0.1) is 0 Å². The lowest BCUT2D eigenvalue weighted by Crippen LogP contribution is -2.46. The van der Waals surface area contributed by atoms with Crippen molar-refractivity contribution in [1.82, 2.24) is 20.5 Å². The SMILES string of the molecule is C[C@H](c1nc2ccccc2s1)N(C)CC(=O)NC(=O)NC1CCCC1. The van der Waals surface area contributed by atoms with Gasteiger partial charge in [0.25, 0.3) is 0 Å². The molecule has 0 aliphatic heterocycles. The highest BCUT2D eigenvalue weighted by atomic mass is 32.1. The lowest BCUT2D eigenvalue weighted by molar-refractivity contribution is -0.121. The second-order valence-electron chi connectivity index (χ2n) is 6.61. The normalized spacial score (nSPS) is 16.3. The fourth-order valence-corrected chi connectivity index (χ4v) is 4.16. The first kappa shape index (κ1) is 17.8. The summed E-state index contributed by atoms with van der Waals surface area (Å²) in [5.74, 6) is -0.300. The van der Waals surface area contributed by atoms with Gasteiger partial charge in [0.05, 0.1) is 22.8 Å². The molecule has 3 amide bonds. The first-order valence-electron chi connectivity index (χ1n) is 8.69. The first-order chi connectivity index (χ1) is 12.0.